The number of guanidine groups is 1. The van der Waals surface area contributed by atoms with Crippen molar-refractivity contribution in [3.8, 4) is 0 Å². The molecule has 98 valence electrons. The first kappa shape index (κ1) is 18.1. The second-order valence-corrected chi connectivity index (χ2v) is 3.47. The number of halogens is 2. The van der Waals surface area contributed by atoms with Crippen molar-refractivity contribution < 1.29 is 4.74 Å². The molecule has 0 atom stereocenters. The van der Waals surface area contributed by atoms with E-state index in [1.807, 2.05) is 0 Å². The van der Waals surface area contributed by atoms with E-state index in [0.717, 1.165) is 45.7 Å². The van der Waals surface area contributed by atoms with Crippen molar-refractivity contribution in [3.63, 3.8) is 0 Å². The van der Waals surface area contributed by atoms with Crippen molar-refractivity contribution in [2.24, 2.45) is 16.5 Å². The normalized spacial score (nSPS) is 17.2. The van der Waals surface area contributed by atoms with E-state index in [4.69, 9.17) is 16.2 Å². The second kappa shape index (κ2) is 11.3. The zero-order chi connectivity index (χ0) is 10.2. The lowest BCUT2D eigenvalue weighted by atomic mass is 10.3. The van der Waals surface area contributed by atoms with Crippen LogP contribution in [0.5, 0.6) is 0 Å². The van der Waals surface area contributed by atoms with Gasteiger partial charge in [0.15, 0.2) is 5.96 Å². The van der Waals surface area contributed by atoms with Crippen LogP contribution in [0.3, 0.4) is 0 Å². The average molecular weight is 273 g/mol. The standard InChI is InChI=1S/C9H20N4O.2ClH/c10-9(11)12-3-6-13-4-1-7-14-8-2-5-13;;/h1-8H2,(H4,10,11,12);2*1H. The Bertz CT molecular complexity index is 180. The summed E-state index contributed by atoms with van der Waals surface area (Å²) in [6.45, 7) is 5.55. The van der Waals surface area contributed by atoms with Crippen LogP contribution in [0.2, 0.25) is 0 Å². The van der Waals surface area contributed by atoms with Crippen LogP contribution >= 0.6 is 24.8 Å². The summed E-state index contributed by atoms with van der Waals surface area (Å²) in [4.78, 5) is 6.36. The molecule has 1 rings (SSSR count). The molecule has 4 N–H and O–H groups in total. The van der Waals surface area contributed by atoms with E-state index in [-0.39, 0.29) is 30.8 Å². The van der Waals surface area contributed by atoms with Crippen molar-refractivity contribution in [1.29, 1.82) is 0 Å². The maximum Gasteiger partial charge on any atom is 0.185 e. The van der Waals surface area contributed by atoms with Gasteiger partial charge in [-0.2, -0.15) is 0 Å². The number of nitrogens with zero attached hydrogens (tertiary/aromatic N) is 2. The van der Waals surface area contributed by atoms with Gasteiger partial charge in [0.1, 0.15) is 0 Å². The van der Waals surface area contributed by atoms with Crippen LogP contribution in [0.4, 0.5) is 0 Å². The number of ether oxygens (including phenoxy) is 1. The topological polar surface area (TPSA) is 76.9 Å². The molecule has 1 aliphatic heterocycles. The number of hydrogen-bond acceptors (Lipinski definition) is 3. The average Bonchev–Trinajstić information content (AvgIpc) is 2.07. The van der Waals surface area contributed by atoms with Gasteiger partial charge in [-0.05, 0) is 12.8 Å². The fraction of sp³-hybridized carbons (Fsp3) is 0.889. The summed E-state index contributed by atoms with van der Waals surface area (Å²) in [6.07, 6.45) is 2.20. The molecule has 5 nitrogen and oxygen atoms in total. The highest BCUT2D eigenvalue weighted by atomic mass is 35.5. The van der Waals surface area contributed by atoms with Crippen molar-refractivity contribution in [2.45, 2.75) is 12.8 Å². The molecule has 0 aliphatic carbocycles. The van der Waals surface area contributed by atoms with Gasteiger partial charge in [0.25, 0.3) is 0 Å². The summed E-state index contributed by atoms with van der Waals surface area (Å²) >= 11 is 0. The third kappa shape index (κ3) is 9.03. The lowest BCUT2D eigenvalue weighted by molar-refractivity contribution is 0.0897. The number of hydrogen-bond donors (Lipinski definition) is 2. The summed E-state index contributed by atoms with van der Waals surface area (Å²) < 4.78 is 5.37. The van der Waals surface area contributed by atoms with Crippen molar-refractivity contribution in [3.05, 3.63) is 0 Å². The number of rotatable bonds is 3. The van der Waals surface area contributed by atoms with Crippen LogP contribution in [-0.4, -0.2) is 50.3 Å². The molecule has 1 fully saturated rings. The maximum atomic E-state index is 5.37. The Morgan fingerprint density at radius 3 is 2.19 bits per heavy atom. The number of aliphatic imine (C=N–C) groups is 1. The van der Waals surface area contributed by atoms with Gasteiger partial charge < -0.3 is 21.1 Å². The van der Waals surface area contributed by atoms with E-state index in [1.54, 1.807) is 0 Å². The molecular weight excluding hydrogens is 251 g/mol. The number of nitrogens with two attached hydrogens (primary N) is 2. The third-order valence-electron chi connectivity index (χ3n) is 2.24. The van der Waals surface area contributed by atoms with Crippen molar-refractivity contribution in [2.75, 3.05) is 39.4 Å². The SMILES string of the molecule is Cl.Cl.NC(N)=NCCN1CCCOCCC1. The van der Waals surface area contributed by atoms with Gasteiger partial charge >= 0.3 is 0 Å². The van der Waals surface area contributed by atoms with Crippen LogP contribution in [0.15, 0.2) is 4.99 Å². The first-order chi connectivity index (χ1) is 6.79. The third-order valence-corrected chi connectivity index (χ3v) is 2.24. The minimum absolute atomic E-state index is 0. The maximum absolute atomic E-state index is 5.37. The molecule has 0 unspecified atom stereocenters. The predicted octanol–water partition coefficient (Wildman–Crippen LogP) is 0.216. The Morgan fingerprint density at radius 2 is 1.69 bits per heavy atom. The molecule has 16 heavy (non-hydrogen) atoms. The zero-order valence-corrected chi connectivity index (χ0v) is 11.1. The van der Waals surface area contributed by atoms with Crippen LogP contribution in [0, 0.1) is 0 Å². The fourth-order valence-corrected chi connectivity index (χ4v) is 1.54. The van der Waals surface area contributed by atoms with Gasteiger partial charge in [0.2, 0.25) is 0 Å². The second-order valence-electron chi connectivity index (χ2n) is 3.47. The quantitative estimate of drug-likeness (QED) is 0.569. The van der Waals surface area contributed by atoms with Crippen molar-refractivity contribution in [1.82, 2.24) is 4.90 Å². The minimum atomic E-state index is 0. The van der Waals surface area contributed by atoms with Gasteiger partial charge in [0, 0.05) is 32.8 Å². The minimum Gasteiger partial charge on any atom is -0.381 e. The molecular formula is C9H22Cl2N4O. The molecule has 0 bridgehead atoms. The Balaban J connectivity index is 0. The van der Waals surface area contributed by atoms with Gasteiger partial charge in [-0.1, -0.05) is 0 Å². The van der Waals surface area contributed by atoms with Gasteiger partial charge in [-0.25, -0.2) is 0 Å². The van der Waals surface area contributed by atoms with E-state index in [1.165, 1.54) is 0 Å². The van der Waals surface area contributed by atoms with E-state index >= 15 is 0 Å². The molecule has 0 spiro atoms. The van der Waals surface area contributed by atoms with Gasteiger partial charge in [0.05, 0.1) is 6.54 Å². The monoisotopic (exact) mass is 272 g/mol. The largest absolute Gasteiger partial charge is 0.381 e. The van der Waals surface area contributed by atoms with E-state index in [9.17, 15) is 0 Å². The molecule has 0 aromatic heterocycles. The first-order valence-electron chi connectivity index (χ1n) is 5.14. The molecule has 0 amide bonds. The Hall–Kier alpha value is -0.230. The summed E-state index contributed by atoms with van der Waals surface area (Å²) in [6, 6.07) is 0. The highest BCUT2D eigenvalue weighted by Crippen LogP contribution is 1.99. The van der Waals surface area contributed by atoms with E-state index < -0.39 is 0 Å². The lowest BCUT2D eigenvalue weighted by Gasteiger charge is -2.23. The van der Waals surface area contributed by atoms with E-state index in [2.05, 4.69) is 9.89 Å². The smallest absolute Gasteiger partial charge is 0.185 e. The molecule has 1 saturated heterocycles. The summed E-state index contributed by atoms with van der Waals surface area (Å²) in [5.74, 6) is 0.181. The molecule has 7 heteroatoms. The van der Waals surface area contributed by atoms with E-state index in [0.29, 0.717) is 6.54 Å². The first-order valence-corrected chi connectivity index (χ1v) is 5.14. The molecule has 0 saturated carbocycles. The molecule has 0 aromatic rings. The van der Waals surface area contributed by atoms with Crippen LogP contribution in [0.1, 0.15) is 12.8 Å². The molecule has 0 radical (unpaired) electrons. The highest BCUT2D eigenvalue weighted by Gasteiger charge is 2.06. The fourth-order valence-electron chi connectivity index (χ4n) is 1.54. The van der Waals surface area contributed by atoms with Crippen molar-refractivity contribution >= 4 is 30.8 Å². The molecule has 1 heterocycles. The highest BCUT2D eigenvalue weighted by molar-refractivity contribution is 5.85. The zero-order valence-electron chi connectivity index (χ0n) is 9.43. The predicted molar refractivity (Wildman–Crippen MR) is 71.7 cm³/mol. The molecule has 0 aromatic carbocycles. The Labute approximate surface area is 109 Å². The lowest BCUT2D eigenvalue weighted by Crippen LogP contribution is -2.32. The summed E-state index contributed by atoms with van der Waals surface area (Å²) in [5, 5.41) is 0. The van der Waals surface area contributed by atoms with Gasteiger partial charge in [-0.15, -0.1) is 24.8 Å². The van der Waals surface area contributed by atoms with Crippen LogP contribution < -0.4 is 11.5 Å². The Kier molecular flexibility index (Phi) is 12.8. The summed E-state index contributed by atoms with van der Waals surface area (Å²) in [5.41, 5.74) is 10.5. The van der Waals surface area contributed by atoms with Gasteiger partial charge in [-0.3, -0.25) is 4.99 Å². The molecule has 1 aliphatic rings. The summed E-state index contributed by atoms with van der Waals surface area (Å²) in [7, 11) is 0. The van der Waals surface area contributed by atoms with Crippen LogP contribution in [-0.2, 0) is 4.74 Å². The van der Waals surface area contributed by atoms with Crippen LogP contribution in [0.25, 0.3) is 0 Å². The Morgan fingerprint density at radius 1 is 1.12 bits per heavy atom.